The first-order valence-electron chi connectivity index (χ1n) is 6.70. The summed E-state index contributed by atoms with van der Waals surface area (Å²) in [7, 11) is 1.62. The van der Waals surface area contributed by atoms with Crippen LogP contribution in [0.2, 0.25) is 0 Å². The Morgan fingerprint density at radius 2 is 1.90 bits per heavy atom. The minimum absolute atomic E-state index is 0.163. The van der Waals surface area contributed by atoms with E-state index in [2.05, 4.69) is 11.9 Å². The zero-order chi connectivity index (χ0) is 14.8. The summed E-state index contributed by atoms with van der Waals surface area (Å²) in [6, 6.07) is 14.9. The highest BCUT2D eigenvalue weighted by atomic mass is 16.5. The van der Waals surface area contributed by atoms with Crippen molar-refractivity contribution in [2.24, 2.45) is 0 Å². The first-order valence-corrected chi connectivity index (χ1v) is 6.70. The summed E-state index contributed by atoms with van der Waals surface area (Å²) in [4.78, 5) is 14.1. The van der Waals surface area contributed by atoms with E-state index in [4.69, 9.17) is 4.74 Å². The third-order valence-corrected chi connectivity index (χ3v) is 3.56. The molecule has 0 spiro atoms. The lowest BCUT2D eigenvalue weighted by Crippen LogP contribution is -2.43. The highest BCUT2D eigenvalue weighted by Crippen LogP contribution is 2.36. The number of para-hydroxylation sites is 1. The van der Waals surface area contributed by atoms with Gasteiger partial charge in [-0.05, 0) is 30.3 Å². The van der Waals surface area contributed by atoms with Crippen LogP contribution in [0.15, 0.2) is 61.2 Å². The molecule has 21 heavy (non-hydrogen) atoms. The summed E-state index contributed by atoms with van der Waals surface area (Å²) in [6.07, 6.45) is 1.74. The van der Waals surface area contributed by atoms with Crippen molar-refractivity contribution in [1.29, 1.82) is 0 Å². The molecule has 0 aliphatic carbocycles. The number of fused-ring (bicyclic) bond motifs is 1. The van der Waals surface area contributed by atoms with Crippen LogP contribution in [0.5, 0.6) is 5.75 Å². The van der Waals surface area contributed by atoms with Gasteiger partial charge in [-0.25, -0.2) is 4.79 Å². The number of urea groups is 1. The molecule has 1 atom stereocenters. The number of anilines is 2. The van der Waals surface area contributed by atoms with Gasteiger partial charge in [0.2, 0.25) is 0 Å². The van der Waals surface area contributed by atoms with E-state index in [0.717, 1.165) is 22.7 Å². The average Bonchev–Trinajstić information content (AvgIpc) is 2.54. The summed E-state index contributed by atoms with van der Waals surface area (Å²) in [5.74, 6) is 0.758. The van der Waals surface area contributed by atoms with Crippen molar-refractivity contribution < 1.29 is 9.53 Å². The van der Waals surface area contributed by atoms with Gasteiger partial charge in [-0.1, -0.05) is 24.3 Å². The van der Waals surface area contributed by atoms with Crippen LogP contribution >= 0.6 is 0 Å². The van der Waals surface area contributed by atoms with Crippen LogP contribution in [0.4, 0.5) is 16.2 Å². The van der Waals surface area contributed by atoms with E-state index < -0.39 is 0 Å². The second kappa shape index (κ2) is 5.32. The number of ether oxygens (including phenoxy) is 1. The Kier molecular flexibility index (Phi) is 3.36. The van der Waals surface area contributed by atoms with Crippen molar-refractivity contribution >= 4 is 17.4 Å². The Balaban J connectivity index is 2.08. The Hall–Kier alpha value is -2.75. The Labute approximate surface area is 123 Å². The number of carbonyl (C=O) groups is 1. The molecule has 1 aliphatic heterocycles. The highest BCUT2D eigenvalue weighted by Gasteiger charge is 2.29. The monoisotopic (exact) mass is 280 g/mol. The molecule has 1 aliphatic rings. The standard InChI is InChI=1S/C17H16N2O2/c1-3-15-14-6-4-5-7-16(14)19(17(20)18-15)12-8-10-13(21-2)11-9-12/h3-11,15H,1H2,2H3,(H,18,20). The minimum atomic E-state index is -0.164. The number of nitrogens with one attached hydrogen (secondary N) is 1. The number of hydrogen-bond acceptors (Lipinski definition) is 2. The molecule has 1 heterocycles. The molecule has 0 saturated carbocycles. The molecule has 3 rings (SSSR count). The van der Waals surface area contributed by atoms with E-state index in [1.807, 2.05) is 48.5 Å². The van der Waals surface area contributed by atoms with Crippen LogP contribution in [0.25, 0.3) is 0 Å². The van der Waals surface area contributed by atoms with Crippen molar-refractivity contribution in [1.82, 2.24) is 5.32 Å². The van der Waals surface area contributed by atoms with Gasteiger partial charge in [0.05, 0.1) is 24.5 Å². The second-order valence-electron chi connectivity index (χ2n) is 4.76. The van der Waals surface area contributed by atoms with Gasteiger partial charge >= 0.3 is 6.03 Å². The minimum Gasteiger partial charge on any atom is -0.497 e. The summed E-state index contributed by atoms with van der Waals surface area (Å²) < 4.78 is 5.15. The predicted molar refractivity (Wildman–Crippen MR) is 83.0 cm³/mol. The lowest BCUT2D eigenvalue weighted by Gasteiger charge is -2.33. The lowest BCUT2D eigenvalue weighted by atomic mass is 10.0. The highest BCUT2D eigenvalue weighted by molar-refractivity contribution is 6.02. The first-order chi connectivity index (χ1) is 10.2. The third-order valence-electron chi connectivity index (χ3n) is 3.56. The molecule has 106 valence electrons. The van der Waals surface area contributed by atoms with Crippen molar-refractivity contribution in [2.75, 3.05) is 12.0 Å². The van der Waals surface area contributed by atoms with E-state index in [-0.39, 0.29) is 12.1 Å². The molecular weight excluding hydrogens is 264 g/mol. The van der Waals surface area contributed by atoms with Gasteiger partial charge in [-0.3, -0.25) is 4.90 Å². The zero-order valence-electron chi connectivity index (χ0n) is 11.7. The fourth-order valence-electron chi connectivity index (χ4n) is 2.51. The van der Waals surface area contributed by atoms with Gasteiger partial charge in [-0.2, -0.15) is 0 Å². The van der Waals surface area contributed by atoms with Gasteiger partial charge in [0.1, 0.15) is 5.75 Å². The number of nitrogens with zero attached hydrogens (tertiary/aromatic N) is 1. The maximum absolute atomic E-state index is 12.4. The third kappa shape index (κ3) is 2.25. The van der Waals surface area contributed by atoms with Crippen LogP contribution in [-0.2, 0) is 0 Å². The van der Waals surface area contributed by atoms with Gasteiger partial charge in [0.25, 0.3) is 0 Å². The largest absolute Gasteiger partial charge is 0.497 e. The number of benzene rings is 2. The topological polar surface area (TPSA) is 41.6 Å². The zero-order valence-corrected chi connectivity index (χ0v) is 11.7. The Bertz CT molecular complexity index is 679. The summed E-state index contributed by atoms with van der Waals surface area (Å²) >= 11 is 0. The van der Waals surface area contributed by atoms with Crippen LogP contribution in [0, 0.1) is 0 Å². The van der Waals surface area contributed by atoms with Crippen molar-refractivity contribution in [3.05, 3.63) is 66.7 Å². The van der Waals surface area contributed by atoms with E-state index >= 15 is 0 Å². The van der Waals surface area contributed by atoms with Gasteiger partial charge in [0, 0.05) is 5.56 Å². The second-order valence-corrected chi connectivity index (χ2v) is 4.76. The van der Waals surface area contributed by atoms with Crippen LogP contribution in [-0.4, -0.2) is 13.1 Å². The maximum Gasteiger partial charge on any atom is 0.327 e. The van der Waals surface area contributed by atoms with Gasteiger partial charge < -0.3 is 10.1 Å². The predicted octanol–water partition coefficient (Wildman–Crippen LogP) is 3.78. The molecule has 2 aromatic carbocycles. The molecule has 1 N–H and O–H groups in total. The van der Waals surface area contributed by atoms with Crippen LogP contribution in [0.3, 0.4) is 0 Å². The molecule has 4 nitrogen and oxygen atoms in total. The molecule has 1 unspecified atom stereocenters. The molecular formula is C17H16N2O2. The first kappa shape index (κ1) is 13.2. The van der Waals surface area contributed by atoms with Crippen molar-refractivity contribution in [3.63, 3.8) is 0 Å². The molecule has 0 saturated heterocycles. The fraction of sp³-hybridized carbons (Fsp3) is 0.118. The van der Waals surface area contributed by atoms with Crippen molar-refractivity contribution in [3.8, 4) is 5.75 Å². The van der Waals surface area contributed by atoms with Crippen LogP contribution < -0.4 is 15.0 Å². The smallest absolute Gasteiger partial charge is 0.327 e. The molecule has 2 amide bonds. The normalized spacial score (nSPS) is 16.9. The Morgan fingerprint density at radius 1 is 1.19 bits per heavy atom. The molecule has 4 heteroatoms. The van der Waals surface area contributed by atoms with Crippen LogP contribution in [0.1, 0.15) is 11.6 Å². The quantitative estimate of drug-likeness (QED) is 0.869. The Morgan fingerprint density at radius 3 is 2.57 bits per heavy atom. The van der Waals surface area contributed by atoms with E-state index in [1.54, 1.807) is 18.1 Å². The fourth-order valence-corrected chi connectivity index (χ4v) is 2.51. The van der Waals surface area contributed by atoms with E-state index in [1.165, 1.54) is 0 Å². The maximum atomic E-state index is 12.4. The van der Waals surface area contributed by atoms with Gasteiger partial charge in [-0.15, -0.1) is 6.58 Å². The molecule has 2 aromatic rings. The number of hydrogen-bond donors (Lipinski definition) is 1. The summed E-state index contributed by atoms with van der Waals surface area (Å²) in [5.41, 5.74) is 2.70. The molecule has 0 radical (unpaired) electrons. The molecule has 0 aromatic heterocycles. The SMILES string of the molecule is C=CC1NC(=O)N(c2ccc(OC)cc2)c2ccccc21. The number of carbonyl (C=O) groups excluding carboxylic acids is 1. The summed E-state index contributed by atoms with van der Waals surface area (Å²) in [6.45, 7) is 3.79. The molecule has 0 fully saturated rings. The number of amides is 2. The van der Waals surface area contributed by atoms with Gasteiger partial charge in [0.15, 0.2) is 0 Å². The number of rotatable bonds is 3. The molecule has 0 bridgehead atoms. The average molecular weight is 280 g/mol. The summed E-state index contributed by atoms with van der Waals surface area (Å²) in [5, 5.41) is 2.94. The van der Waals surface area contributed by atoms with Crippen molar-refractivity contribution in [2.45, 2.75) is 6.04 Å². The lowest BCUT2D eigenvalue weighted by molar-refractivity contribution is 0.245. The van der Waals surface area contributed by atoms with E-state index in [9.17, 15) is 4.79 Å². The number of methoxy groups -OCH3 is 1. The van der Waals surface area contributed by atoms with E-state index in [0.29, 0.717) is 0 Å².